The summed E-state index contributed by atoms with van der Waals surface area (Å²) in [4.78, 5) is 10.6. The van der Waals surface area contributed by atoms with Gasteiger partial charge in [-0.05, 0) is 0 Å². The number of quaternary nitrogens is 1. The highest BCUT2D eigenvalue weighted by atomic mass is 16.1. The van der Waals surface area contributed by atoms with Gasteiger partial charge in [0.1, 0.15) is 6.54 Å². The summed E-state index contributed by atoms with van der Waals surface area (Å²) in [5, 5.41) is 0. The minimum absolute atomic E-state index is 0. The molecule has 1 rings (SSSR count). The average Bonchev–Trinajstić information content (AvgIpc) is 1.82. The summed E-state index contributed by atoms with van der Waals surface area (Å²) in [5.74, 6) is 0.412. The molecule has 0 aromatic rings. The van der Waals surface area contributed by atoms with E-state index in [0.29, 0.717) is 5.78 Å². The molecule has 1 fully saturated rings. The van der Waals surface area contributed by atoms with E-state index >= 15 is 0 Å². The van der Waals surface area contributed by atoms with Crippen molar-refractivity contribution in [2.24, 2.45) is 0 Å². The van der Waals surface area contributed by atoms with Crippen molar-refractivity contribution in [3.8, 4) is 0 Å². The molecule has 0 radical (unpaired) electrons. The first-order valence-electron chi connectivity index (χ1n) is 2.94. The summed E-state index contributed by atoms with van der Waals surface area (Å²) in [6.45, 7) is 1.76. The summed E-state index contributed by atoms with van der Waals surface area (Å²) in [6.07, 6.45) is 0.785. The maximum absolute atomic E-state index is 10.6. The topological polar surface area (TPSA) is 47.1 Å². The molecule has 1 aliphatic rings. The number of ketones is 1. The minimum atomic E-state index is 0. The Kier molecular flexibility index (Phi) is 2.34. The Morgan fingerprint density at radius 1 is 1.44 bits per heavy atom. The molecule has 0 unspecified atom stereocenters. The maximum Gasteiger partial charge on any atom is 0.192 e. The number of carbonyl (C=O) groups is 1. The molecule has 0 spiro atoms. The number of Topliss-reactive ketones (excluding diaryl/α,β-unsaturated/α-hetero) is 1. The van der Waals surface area contributed by atoms with Crippen molar-refractivity contribution in [3.63, 3.8) is 0 Å². The van der Waals surface area contributed by atoms with Gasteiger partial charge in [0.2, 0.25) is 0 Å². The van der Waals surface area contributed by atoms with Gasteiger partial charge in [-0.3, -0.25) is 4.79 Å². The van der Waals surface area contributed by atoms with Gasteiger partial charge < -0.3 is 9.96 Å². The van der Waals surface area contributed by atoms with Crippen LogP contribution in [-0.4, -0.2) is 42.9 Å². The van der Waals surface area contributed by atoms with E-state index in [9.17, 15) is 4.79 Å². The molecule has 0 bridgehead atoms. The van der Waals surface area contributed by atoms with E-state index in [-0.39, 0.29) is 5.48 Å². The van der Waals surface area contributed by atoms with Crippen LogP contribution in [0.4, 0.5) is 0 Å². The molecule has 0 saturated carbocycles. The van der Waals surface area contributed by atoms with E-state index < -0.39 is 0 Å². The van der Waals surface area contributed by atoms with Crippen molar-refractivity contribution >= 4 is 5.78 Å². The smallest absolute Gasteiger partial charge is 0.192 e. The third kappa shape index (κ3) is 2.11. The van der Waals surface area contributed by atoms with Crippen LogP contribution in [0, 0.1) is 0 Å². The monoisotopic (exact) mass is 131 g/mol. The largest absolute Gasteiger partial charge is 0.870 e. The molecule has 3 heteroatoms. The molecule has 1 aliphatic heterocycles. The highest BCUT2D eigenvalue weighted by Crippen LogP contribution is 2.08. The molecule has 3 nitrogen and oxygen atoms in total. The van der Waals surface area contributed by atoms with Crippen LogP contribution in [0.3, 0.4) is 0 Å². The van der Waals surface area contributed by atoms with E-state index in [1.54, 1.807) is 0 Å². The first kappa shape index (κ1) is 8.59. The van der Waals surface area contributed by atoms with Gasteiger partial charge in [0.05, 0.1) is 27.1 Å². The summed E-state index contributed by atoms with van der Waals surface area (Å²) in [5.41, 5.74) is 0. The van der Waals surface area contributed by atoms with Crippen molar-refractivity contribution in [1.82, 2.24) is 0 Å². The van der Waals surface area contributed by atoms with Crippen molar-refractivity contribution in [3.05, 3.63) is 0 Å². The second-order valence-electron chi connectivity index (χ2n) is 3.11. The van der Waals surface area contributed by atoms with Crippen LogP contribution in [0.2, 0.25) is 0 Å². The summed E-state index contributed by atoms with van der Waals surface area (Å²) in [6, 6.07) is 0. The van der Waals surface area contributed by atoms with E-state index in [4.69, 9.17) is 0 Å². The number of hydrogen-bond acceptors (Lipinski definition) is 2. The van der Waals surface area contributed by atoms with Gasteiger partial charge in [0, 0.05) is 0 Å². The quantitative estimate of drug-likeness (QED) is 0.429. The first-order chi connectivity index (χ1) is 3.60. The lowest BCUT2D eigenvalue weighted by molar-refractivity contribution is -0.874. The van der Waals surface area contributed by atoms with Crippen LogP contribution in [0.5, 0.6) is 0 Å². The van der Waals surface area contributed by atoms with E-state index in [1.807, 2.05) is 0 Å². The van der Waals surface area contributed by atoms with Gasteiger partial charge in [-0.2, -0.15) is 0 Å². The van der Waals surface area contributed by atoms with Gasteiger partial charge in [-0.1, -0.05) is 0 Å². The van der Waals surface area contributed by atoms with Gasteiger partial charge in [-0.15, -0.1) is 0 Å². The molecule has 0 amide bonds. The highest BCUT2D eigenvalue weighted by molar-refractivity contribution is 5.80. The van der Waals surface area contributed by atoms with Gasteiger partial charge in [0.15, 0.2) is 5.78 Å². The Morgan fingerprint density at radius 3 is 2.11 bits per heavy atom. The molecule has 1 N–H and O–H groups in total. The third-order valence-corrected chi connectivity index (χ3v) is 1.60. The molecule has 0 aliphatic carbocycles. The average molecular weight is 131 g/mol. The number of likely N-dealkylation sites (N-methyl/N-ethyl adjacent to an activating group) is 1. The van der Waals surface area contributed by atoms with Gasteiger partial charge >= 0.3 is 0 Å². The number of rotatable bonds is 0. The third-order valence-electron chi connectivity index (χ3n) is 1.60. The molecular formula is C6H13NO2. The van der Waals surface area contributed by atoms with Crippen LogP contribution in [0.1, 0.15) is 6.42 Å². The van der Waals surface area contributed by atoms with Crippen LogP contribution >= 0.6 is 0 Å². The molecule has 54 valence electrons. The number of hydrogen-bond donors (Lipinski definition) is 0. The highest BCUT2D eigenvalue weighted by Gasteiger charge is 2.27. The van der Waals surface area contributed by atoms with Crippen LogP contribution in [-0.2, 0) is 4.79 Å². The summed E-state index contributed by atoms with van der Waals surface area (Å²) < 4.78 is 0.888. The lowest BCUT2D eigenvalue weighted by atomic mass is 10.4. The van der Waals surface area contributed by atoms with Gasteiger partial charge in [-0.25, -0.2) is 0 Å². The second-order valence-corrected chi connectivity index (χ2v) is 3.11. The Labute approximate surface area is 55.2 Å². The molecular weight excluding hydrogens is 118 g/mol. The SMILES string of the molecule is C[N+]1(C)CCC(=O)C1.[OH-]. The fourth-order valence-corrected chi connectivity index (χ4v) is 1.06. The van der Waals surface area contributed by atoms with E-state index in [1.165, 1.54) is 0 Å². The number of likely N-dealkylation sites (tertiary alicyclic amines) is 1. The molecule has 1 heterocycles. The Bertz CT molecular complexity index is 120. The minimum Gasteiger partial charge on any atom is -0.870 e. The molecule has 1 saturated heterocycles. The number of nitrogens with zero attached hydrogens (tertiary/aromatic N) is 1. The Morgan fingerprint density at radius 2 is 2.00 bits per heavy atom. The lowest BCUT2D eigenvalue weighted by Crippen LogP contribution is -2.36. The second kappa shape index (κ2) is 2.45. The zero-order valence-electron chi connectivity index (χ0n) is 5.92. The zero-order valence-corrected chi connectivity index (χ0v) is 5.92. The Hall–Kier alpha value is -0.410. The zero-order chi connectivity index (χ0) is 6.20. The normalized spacial score (nSPS) is 23.6. The molecule has 0 aromatic heterocycles. The molecule has 0 aromatic carbocycles. The van der Waals surface area contributed by atoms with Crippen molar-refractivity contribution in [1.29, 1.82) is 0 Å². The van der Waals surface area contributed by atoms with Crippen LogP contribution in [0.15, 0.2) is 0 Å². The Balaban J connectivity index is 0.000000640. The predicted molar refractivity (Wildman–Crippen MR) is 33.4 cm³/mol. The van der Waals surface area contributed by atoms with E-state index in [2.05, 4.69) is 14.1 Å². The van der Waals surface area contributed by atoms with E-state index in [0.717, 1.165) is 24.0 Å². The summed E-state index contributed by atoms with van der Waals surface area (Å²) in [7, 11) is 4.18. The van der Waals surface area contributed by atoms with Crippen LogP contribution < -0.4 is 0 Å². The maximum atomic E-state index is 10.6. The van der Waals surface area contributed by atoms with Crippen LogP contribution in [0.25, 0.3) is 0 Å². The first-order valence-corrected chi connectivity index (χ1v) is 2.94. The fourth-order valence-electron chi connectivity index (χ4n) is 1.06. The molecule has 9 heavy (non-hydrogen) atoms. The summed E-state index contributed by atoms with van der Waals surface area (Å²) >= 11 is 0. The predicted octanol–water partition coefficient (Wildman–Crippen LogP) is -0.141. The van der Waals surface area contributed by atoms with Crippen molar-refractivity contribution in [2.45, 2.75) is 6.42 Å². The fraction of sp³-hybridized carbons (Fsp3) is 0.833. The lowest BCUT2D eigenvalue weighted by Gasteiger charge is -2.20. The van der Waals surface area contributed by atoms with Gasteiger partial charge in [0.25, 0.3) is 0 Å². The number of carbonyl (C=O) groups excluding carboxylic acids is 1. The standard InChI is InChI=1S/C6H12NO.H2O/c1-7(2)4-3-6(8)5-7;/h3-5H2,1-2H3;1H2/q+1;/p-1. The van der Waals surface area contributed by atoms with Crippen molar-refractivity contribution < 1.29 is 14.8 Å². The van der Waals surface area contributed by atoms with Crippen molar-refractivity contribution in [2.75, 3.05) is 27.2 Å². The molecule has 0 atom stereocenters.